The predicted molar refractivity (Wildman–Crippen MR) is 130 cm³/mol. The summed E-state index contributed by atoms with van der Waals surface area (Å²) in [6, 6.07) is 17.3. The zero-order chi connectivity index (χ0) is 23.4. The molecule has 0 unspecified atom stereocenters. The van der Waals surface area contributed by atoms with Crippen LogP contribution in [0.5, 0.6) is 11.5 Å². The standard InChI is InChI=1S/C24H19Cl2N3O4/c1-2-32-21-12-16(11-19(26)22(21)33-14-15-7-9-17(25)10-8-15)13-27-29-23(30)18-5-3-4-6-20(18)28-24(29)31/h3-13H,2,14H2,1H3,(H,28,31). The highest BCUT2D eigenvalue weighted by molar-refractivity contribution is 6.32. The Balaban J connectivity index is 1.64. The molecule has 33 heavy (non-hydrogen) atoms. The first-order valence-electron chi connectivity index (χ1n) is 10.1. The van der Waals surface area contributed by atoms with E-state index in [0.717, 1.165) is 10.2 Å². The molecule has 0 fully saturated rings. The first-order valence-corrected chi connectivity index (χ1v) is 10.8. The minimum atomic E-state index is -0.644. The summed E-state index contributed by atoms with van der Waals surface area (Å²) in [6.45, 7) is 2.50. The van der Waals surface area contributed by atoms with E-state index in [2.05, 4.69) is 10.1 Å². The van der Waals surface area contributed by atoms with Gasteiger partial charge in [-0.15, -0.1) is 4.68 Å². The molecule has 0 aliphatic carbocycles. The van der Waals surface area contributed by atoms with Crippen molar-refractivity contribution in [2.75, 3.05) is 6.61 Å². The number of benzene rings is 3. The lowest BCUT2D eigenvalue weighted by atomic mass is 10.2. The largest absolute Gasteiger partial charge is 0.490 e. The molecule has 168 valence electrons. The SMILES string of the molecule is CCOc1cc(C=Nn2c(=O)[nH]c3ccccc3c2=O)cc(Cl)c1OCc1ccc(Cl)cc1. The molecule has 3 aromatic carbocycles. The molecular weight excluding hydrogens is 465 g/mol. The highest BCUT2D eigenvalue weighted by Crippen LogP contribution is 2.37. The molecule has 0 saturated heterocycles. The molecule has 4 aromatic rings. The molecule has 0 bridgehead atoms. The number of halogens is 2. The van der Waals surface area contributed by atoms with Gasteiger partial charge < -0.3 is 14.5 Å². The average molecular weight is 484 g/mol. The van der Waals surface area contributed by atoms with E-state index in [-0.39, 0.29) is 6.61 Å². The molecule has 0 saturated carbocycles. The van der Waals surface area contributed by atoms with Gasteiger partial charge in [0, 0.05) is 5.02 Å². The van der Waals surface area contributed by atoms with E-state index in [0.29, 0.717) is 44.6 Å². The van der Waals surface area contributed by atoms with Crippen LogP contribution < -0.4 is 20.7 Å². The van der Waals surface area contributed by atoms with Gasteiger partial charge in [0.1, 0.15) is 6.61 Å². The summed E-state index contributed by atoms with van der Waals surface area (Å²) in [7, 11) is 0. The highest BCUT2D eigenvalue weighted by atomic mass is 35.5. The summed E-state index contributed by atoms with van der Waals surface area (Å²) in [4.78, 5) is 27.6. The van der Waals surface area contributed by atoms with Crippen LogP contribution in [-0.2, 0) is 6.61 Å². The Morgan fingerprint density at radius 2 is 1.79 bits per heavy atom. The van der Waals surface area contributed by atoms with Crippen LogP contribution in [0.15, 0.2) is 75.4 Å². The van der Waals surface area contributed by atoms with Crippen LogP contribution in [0.4, 0.5) is 0 Å². The van der Waals surface area contributed by atoms with Crippen LogP contribution in [0.2, 0.25) is 10.0 Å². The second kappa shape index (κ2) is 9.94. The van der Waals surface area contributed by atoms with E-state index in [4.69, 9.17) is 32.7 Å². The molecular formula is C24H19Cl2N3O4. The summed E-state index contributed by atoms with van der Waals surface area (Å²) >= 11 is 12.4. The van der Waals surface area contributed by atoms with Crippen molar-refractivity contribution in [3.8, 4) is 11.5 Å². The third kappa shape index (κ3) is 5.10. The number of hydrogen-bond donors (Lipinski definition) is 1. The Bertz CT molecular complexity index is 1440. The van der Waals surface area contributed by atoms with Gasteiger partial charge >= 0.3 is 5.69 Å². The molecule has 0 amide bonds. The number of aromatic amines is 1. The summed E-state index contributed by atoms with van der Waals surface area (Å²) in [5.74, 6) is 0.798. The summed E-state index contributed by atoms with van der Waals surface area (Å²) < 4.78 is 12.4. The number of hydrogen-bond acceptors (Lipinski definition) is 5. The molecule has 1 heterocycles. The van der Waals surface area contributed by atoms with Gasteiger partial charge in [-0.3, -0.25) is 4.79 Å². The van der Waals surface area contributed by atoms with Crippen LogP contribution in [0.25, 0.3) is 10.9 Å². The van der Waals surface area contributed by atoms with Gasteiger partial charge in [0.2, 0.25) is 0 Å². The van der Waals surface area contributed by atoms with Gasteiger partial charge in [-0.25, -0.2) is 4.79 Å². The van der Waals surface area contributed by atoms with E-state index in [1.165, 1.54) is 6.21 Å². The van der Waals surface area contributed by atoms with E-state index in [9.17, 15) is 9.59 Å². The Kier molecular flexibility index (Phi) is 6.82. The normalized spacial score (nSPS) is 11.2. The molecule has 1 N–H and O–H groups in total. The van der Waals surface area contributed by atoms with Gasteiger partial charge in [-0.05, 0) is 54.4 Å². The molecule has 9 heteroatoms. The molecule has 0 atom stereocenters. The van der Waals surface area contributed by atoms with Crippen LogP contribution in [0.3, 0.4) is 0 Å². The van der Waals surface area contributed by atoms with Crippen molar-refractivity contribution in [1.29, 1.82) is 0 Å². The smallest absolute Gasteiger partial charge is 0.349 e. The zero-order valence-electron chi connectivity index (χ0n) is 17.5. The quantitative estimate of drug-likeness (QED) is 0.380. The summed E-state index contributed by atoms with van der Waals surface area (Å²) in [5.41, 5.74) is 0.724. The fraction of sp³-hybridized carbons (Fsp3) is 0.125. The van der Waals surface area contributed by atoms with Gasteiger partial charge in [0.05, 0.1) is 28.7 Å². The highest BCUT2D eigenvalue weighted by Gasteiger charge is 2.13. The lowest BCUT2D eigenvalue weighted by Crippen LogP contribution is -2.32. The Morgan fingerprint density at radius 1 is 1.03 bits per heavy atom. The van der Waals surface area contributed by atoms with E-state index in [1.54, 1.807) is 48.5 Å². The number of para-hydroxylation sites is 1. The van der Waals surface area contributed by atoms with Gasteiger partial charge in [0.25, 0.3) is 5.56 Å². The van der Waals surface area contributed by atoms with Crippen molar-refractivity contribution in [1.82, 2.24) is 9.66 Å². The first-order chi connectivity index (χ1) is 16.0. The van der Waals surface area contributed by atoms with E-state index in [1.807, 2.05) is 19.1 Å². The number of rotatable bonds is 7. The maximum absolute atomic E-state index is 12.7. The number of fused-ring (bicyclic) bond motifs is 1. The molecule has 0 aliphatic heterocycles. The van der Waals surface area contributed by atoms with Crippen molar-refractivity contribution < 1.29 is 9.47 Å². The topological polar surface area (TPSA) is 85.7 Å². The van der Waals surface area contributed by atoms with Crippen LogP contribution in [0, 0.1) is 0 Å². The Labute approximate surface area is 198 Å². The molecule has 0 radical (unpaired) electrons. The van der Waals surface area contributed by atoms with Crippen LogP contribution in [-0.4, -0.2) is 22.5 Å². The minimum absolute atomic E-state index is 0.270. The summed E-state index contributed by atoms with van der Waals surface area (Å²) in [5, 5.41) is 5.36. The lowest BCUT2D eigenvalue weighted by molar-refractivity contribution is 0.269. The van der Waals surface area contributed by atoms with Crippen molar-refractivity contribution in [3.63, 3.8) is 0 Å². The maximum Gasteiger partial charge on any atom is 0.349 e. The van der Waals surface area contributed by atoms with Crippen molar-refractivity contribution >= 4 is 40.3 Å². The van der Waals surface area contributed by atoms with Crippen molar-refractivity contribution in [2.45, 2.75) is 13.5 Å². The summed E-state index contributed by atoms with van der Waals surface area (Å²) in [6.07, 6.45) is 1.36. The third-order valence-corrected chi connectivity index (χ3v) is 5.27. The molecule has 0 spiro atoms. The minimum Gasteiger partial charge on any atom is -0.490 e. The van der Waals surface area contributed by atoms with Gasteiger partial charge in [0.15, 0.2) is 11.5 Å². The molecule has 0 aliphatic rings. The monoisotopic (exact) mass is 483 g/mol. The van der Waals surface area contributed by atoms with Gasteiger partial charge in [-0.2, -0.15) is 5.10 Å². The molecule has 7 nitrogen and oxygen atoms in total. The number of ether oxygens (including phenoxy) is 2. The molecule has 4 rings (SSSR count). The Morgan fingerprint density at radius 3 is 2.55 bits per heavy atom. The number of H-pyrrole nitrogens is 1. The second-order valence-corrected chi connectivity index (χ2v) is 7.86. The number of nitrogens with one attached hydrogen (secondary N) is 1. The predicted octanol–water partition coefficient (Wildman–Crippen LogP) is 4.86. The van der Waals surface area contributed by atoms with Crippen LogP contribution in [0.1, 0.15) is 18.1 Å². The van der Waals surface area contributed by atoms with Gasteiger partial charge in [-0.1, -0.05) is 47.5 Å². The van der Waals surface area contributed by atoms with E-state index >= 15 is 0 Å². The van der Waals surface area contributed by atoms with Crippen LogP contribution >= 0.6 is 23.2 Å². The Hall–Kier alpha value is -3.55. The lowest BCUT2D eigenvalue weighted by Gasteiger charge is -2.14. The van der Waals surface area contributed by atoms with Crippen molar-refractivity contribution in [2.24, 2.45) is 5.10 Å². The number of nitrogens with zero attached hydrogens (tertiary/aromatic N) is 2. The molecule has 1 aromatic heterocycles. The van der Waals surface area contributed by atoms with E-state index < -0.39 is 11.2 Å². The second-order valence-electron chi connectivity index (χ2n) is 7.02. The number of aromatic nitrogens is 2. The maximum atomic E-state index is 12.7. The third-order valence-electron chi connectivity index (χ3n) is 4.73. The average Bonchev–Trinajstić information content (AvgIpc) is 2.80. The fourth-order valence-corrected chi connectivity index (χ4v) is 3.58. The van der Waals surface area contributed by atoms with Crippen molar-refractivity contribution in [3.05, 3.63) is 103 Å². The fourth-order valence-electron chi connectivity index (χ4n) is 3.18. The zero-order valence-corrected chi connectivity index (χ0v) is 19.1. The first kappa shape index (κ1) is 22.6.